The second-order valence-corrected chi connectivity index (χ2v) is 9.37. The number of rotatable bonds is 7. The van der Waals surface area contributed by atoms with Crippen molar-refractivity contribution in [1.82, 2.24) is 40.3 Å². The molecule has 3 aromatic heterocycles. The van der Waals surface area contributed by atoms with Gasteiger partial charge in [-0.25, -0.2) is 14.1 Å². The molecule has 4 aromatic rings. The normalized spacial score (nSPS) is 15.8. The van der Waals surface area contributed by atoms with E-state index in [1.807, 2.05) is 6.92 Å². The summed E-state index contributed by atoms with van der Waals surface area (Å²) in [6.07, 6.45) is 7.25. The molecule has 0 atom stereocenters. The number of aryl methyl sites for hydroxylation is 1. The maximum absolute atomic E-state index is 14.5. The first-order valence-electron chi connectivity index (χ1n) is 11.5. The Hall–Kier alpha value is -4.15. The van der Waals surface area contributed by atoms with Gasteiger partial charge in [-0.3, -0.25) is 9.48 Å². The van der Waals surface area contributed by atoms with Crippen molar-refractivity contribution in [2.45, 2.75) is 32.9 Å². The SMILES string of the molecule is Cc1nc(N2CC3(CC3)C2)ccc1Cn1cc(C(=O)NCc2c(F)cccc2-n2cnnn2)cn1. The number of anilines is 1. The smallest absolute Gasteiger partial charge is 0.254 e. The highest BCUT2D eigenvalue weighted by molar-refractivity contribution is 5.93. The third-order valence-electron chi connectivity index (χ3n) is 6.86. The fourth-order valence-electron chi connectivity index (χ4n) is 4.56. The van der Waals surface area contributed by atoms with Crippen LogP contribution in [-0.4, -0.2) is 54.0 Å². The summed E-state index contributed by atoms with van der Waals surface area (Å²) in [6.45, 7) is 4.71. The zero-order valence-corrected chi connectivity index (χ0v) is 19.2. The van der Waals surface area contributed by atoms with E-state index in [1.165, 1.54) is 36.1 Å². The maximum Gasteiger partial charge on any atom is 0.254 e. The van der Waals surface area contributed by atoms with Crippen LogP contribution >= 0.6 is 0 Å². The standard InChI is InChI=1S/C24H24FN9O/c1-16-17(5-6-22(29-16)32-13-24(14-32)7-8-24)11-33-12-18(9-28-33)23(35)26-10-19-20(25)3-2-4-21(19)34-15-27-30-31-34/h2-6,9,12,15H,7-8,10-11,13-14H2,1H3,(H,26,35). The minimum atomic E-state index is -0.453. The topological polar surface area (TPSA) is 107 Å². The van der Waals surface area contributed by atoms with Crippen molar-refractivity contribution in [1.29, 1.82) is 0 Å². The third kappa shape index (κ3) is 4.13. The number of aromatic nitrogens is 7. The molecule has 1 N–H and O–H groups in total. The highest BCUT2D eigenvalue weighted by Gasteiger charge is 2.52. The molecular weight excluding hydrogens is 449 g/mol. The van der Waals surface area contributed by atoms with Gasteiger partial charge in [-0.15, -0.1) is 5.10 Å². The number of hydrogen-bond acceptors (Lipinski definition) is 7. The Morgan fingerprint density at radius 1 is 1.20 bits per heavy atom. The van der Waals surface area contributed by atoms with Gasteiger partial charge in [-0.05, 0) is 54.0 Å². The number of carbonyl (C=O) groups excluding carboxylic acids is 1. The molecule has 1 aromatic carbocycles. The molecule has 4 heterocycles. The fourth-order valence-corrected chi connectivity index (χ4v) is 4.56. The van der Waals surface area contributed by atoms with Gasteiger partial charge < -0.3 is 10.2 Å². The lowest BCUT2D eigenvalue weighted by Gasteiger charge is -2.41. The summed E-state index contributed by atoms with van der Waals surface area (Å²) >= 11 is 0. The van der Waals surface area contributed by atoms with Gasteiger partial charge in [-0.2, -0.15) is 5.10 Å². The number of pyridine rings is 1. The molecule has 0 bridgehead atoms. The lowest BCUT2D eigenvalue weighted by atomic mass is 9.97. The Labute approximate surface area is 200 Å². The largest absolute Gasteiger partial charge is 0.355 e. The zero-order valence-electron chi connectivity index (χ0n) is 19.2. The minimum absolute atomic E-state index is 0.0197. The Balaban J connectivity index is 1.10. The molecule has 10 nitrogen and oxygen atoms in total. The monoisotopic (exact) mass is 473 g/mol. The van der Waals surface area contributed by atoms with Gasteiger partial charge in [0.1, 0.15) is 18.0 Å². The van der Waals surface area contributed by atoms with E-state index < -0.39 is 5.82 Å². The quantitative estimate of drug-likeness (QED) is 0.439. The summed E-state index contributed by atoms with van der Waals surface area (Å²) in [4.78, 5) is 19.8. The number of nitrogens with zero attached hydrogens (tertiary/aromatic N) is 8. The van der Waals surface area contributed by atoms with Gasteiger partial charge in [0.25, 0.3) is 5.91 Å². The molecule has 1 spiro atoms. The molecule has 6 rings (SSSR count). The predicted molar refractivity (Wildman–Crippen MR) is 124 cm³/mol. The molecule has 0 unspecified atom stereocenters. The Kier molecular flexibility index (Phi) is 5.05. The average Bonchev–Trinajstić information content (AvgIpc) is 3.22. The third-order valence-corrected chi connectivity index (χ3v) is 6.86. The van der Waals surface area contributed by atoms with Gasteiger partial charge in [-0.1, -0.05) is 12.1 Å². The Bertz CT molecular complexity index is 1390. The molecule has 11 heteroatoms. The lowest BCUT2D eigenvalue weighted by Crippen LogP contribution is -2.48. The fraction of sp³-hybridized carbons (Fsp3) is 0.333. The number of tetrazole rings is 1. The predicted octanol–water partition coefficient (Wildman–Crippen LogP) is 2.28. The van der Waals surface area contributed by atoms with Crippen molar-refractivity contribution < 1.29 is 9.18 Å². The van der Waals surface area contributed by atoms with Gasteiger partial charge in [0.2, 0.25) is 0 Å². The molecule has 1 aliphatic heterocycles. The van der Waals surface area contributed by atoms with Crippen LogP contribution in [0.25, 0.3) is 5.69 Å². The van der Waals surface area contributed by atoms with Crippen LogP contribution in [-0.2, 0) is 13.1 Å². The van der Waals surface area contributed by atoms with Crippen LogP contribution in [0, 0.1) is 18.2 Å². The van der Waals surface area contributed by atoms with Crippen LogP contribution in [0.1, 0.15) is 40.0 Å². The summed E-state index contributed by atoms with van der Waals surface area (Å²) < 4.78 is 17.5. The van der Waals surface area contributed by atoms with Crippen LogP contribution in [0.15, 0.2) is 49.1 Å². The summed E-state index contributed by atoms with van der Waals surface area (Å²) in [5.41, 5.74) is 3.73. The second kappa shape index (κ2) is 8.26. The van der Waals surface area contributed by atoms with Crippen LogP contribution < -0.4 is 10.2 Å². The zero-order chi connectivity index (χ0) is 24.0. The summed E-state index contributed by atoms with van der Waals surface area (Å²) in [5, 5.41) is 18.1. The molecule has 35 heavy (non-hydrogen) atoms. The van der Waals surface area contributed by atoms with Crippen LogP contribution in [0.2, 0.25) is 0 Å². The van der Waals surface area contributed by atoms with E-state index in [-0.39, 0.29) is 18.0 Å². The number of nitrogens with one attached hydrogen (secondary N) is 1. The van der Waals surface area contributed by atoms with Crippen LogP contribution in [0.4, 0.5) is 10.2 Å². The number of amides is 1. The van der Waals surface area contributed by atoms with E-state index in [0.717, 1.165) is 30.2 Å². The van der Waals surface area contributed by atoms with E-state index in [9.17, 15) is 9.18 Å². The first-order chi connectivity index (χ1) is 17.0. The van der Waals surface area contributed by atoms with Crippen molar-refractivity contribution >= 4 is 11.7 Å². The van der Waals surface area contributed by atoms with E-state index >= 15 is 0 Å². The van der Waals surface area contributed by atoms with Crippen molar-refractivity contribution in [2.24, 2.45) is 5.41 Å². The molecule has 2 fully saturated rings. The van der Waals surface area contributed by atoms with Gasteiger partial charge in [0.15, 0.2) is 0 Å². The Morgan fingerprint density at radius 3 is 2.80 bits per heavy atom. The van der Waals surface area contributed by atoms with E-state index in [0.29, 0.717) is 23.2 Å². The van der Waals surface area contributed by atoms with Crippen LogP contribution in [0.3, 0.4) is 0 Å². The number of hydrogen-bond donors (Lipinski definition) is 1. The molecule has 1 saturated carbocycles. The molecule has 0 radical (unpaired) electrons. The first kappa shape index (κ1) is 21.4. The molecule has 1 aliphatic carbocycles. The summed E-state index contributed by atoms with van der Waals surface area (Å²) in [5.74, 6) is 0.226. The van der Waals surface area contributed by atoms with E-state index in [2.05, 4.69) is 43.0 Å². The van der Waals surface area contributed by atoms with Crippen LogP contribution in [0.5, 0.6) is 0 Å². The van der Waals surface area contributed by atoms with Gasteiger partial charge >= 0.3 is 0 Å². The molecule has 178 valence electrons. The highest BCUT2D eigenvalue weighted by Crippen LogP contribution is 2.53. The number of halogens is 1. The lowest BCUT2D eigenvalue weighted by molar-refractivity contribution is 0.0950. The number of benzene rings is 1. The molecule has 1 saturated heterocycles. The van der Waals surface area contributed by atoms with Crippen molar-refractivity contribution in [3.05, 3.63) is 77.3 Å². The highest BCUT2D eigenvalue weighted by atomic mass is 19.1. The number of carbonyl (C=O) groups is 1. The minimum Gasteiger partial charge on any atom is -0.355 e. The van der Waals surface area contributed by atoms with Crippen molar-refractivity contribution in [3.63, 3.8) is 0 Å². The Morgan fingerprint density at radius 2 is 2.06 bits per heavy atom. The van der Waals surface area contributed by atoms with Crippen molar-refractivity contribution in [3.8, 4) is 5.69 Å². The average molecular weight is 474 g/mol. The molecule has 2 aliphatic rings. The summed E-state index contributed by atoms with van der Waals surface area (Å²) in [6, 6.07) is 8.73. The van der Waals surface area contributed by atoms with E-state index in [1.54, 1.807) is 23.0 Å². The van der Waals surface area contributed by atoms with Gasteiger partial charge in [0, 0.05) is 42.5 Å². The van der Waals surface area contributed by atoms with Crippen molar-refractivity contribution in [2.75, 3.05) is 18.0 Å². The first-order valence-corrected chi connectivity index (χ1v) is 11.5. The summed E-state index contributed by atoms with van der Waals surface area (Å²) in [7, 11) is 0. The molecular formula is C24H24FN9O. The second-order valence-electron chi connectivity index (χ2n) is 9.37. The molecule has 1 amide bonds. The van der Waals surface area contributed by atoms with E-state index in [4.69, 9.17) is 4.98 Å². The maximum atomic E-state index is 14.5. The van der Waals surface area contributed by atoms with Gasteiger partial charge in [0.05, 0.1) is 24.0 Å².